The highest BCUT2D eigenvalue weighted by Gasteiger charge is 2.04. The number of aromatic nitrogens is 2. The maximum absolute atomic E-state index is 5.51. The lowest BCUT2D eigenvalue weighted by Gasteiger charge is -2.06. The molecule has 1 aromatic carbocycles. The molecule has 1 aromatic heterocycles. The fourth-order valence-electron chi connectivity index (χ4n) is 1.40. The number of ether oxygens (including phenoxy) is 2. The Hall–Kier alpha value is -2.21. The molecule has 0 radical (unpaired) electrons. The molecule has 6 heteroatoms. The van der Waals surface area contributed by atoms with Gasteiger partial charge in [-0.25, -0.2) is 4.98 Å². The molecule has 0 aliphatic rings. The summed E-state index contributed by atoms with van der Waals surface area (Å²) in [6.45, 7) is 2.55. The molecule has 2 aromatic rings. The van der Waals surface area contributed by atoms with Crippen LogP contribution >= 0.6 is 12.2 Å². The summed E-state index contributed by atoms with van der Waals surface area (Å²) in [5.74, 6) is 1.40. The summed E-state index contributed by atoms with van der Waals surface area (Å²) in [6.07, 6.45) is 1.55. The average molecular weight is 275 g/mol. The van der Waals surface area contributed by atoms with Crippen LogP contribution < -0.4 is 15.2 Å². The van der Waals surface area contributed by atoms with Gasteiger partial charge in [-0.3, -0.25) is 0 Å². The first kappa shape index (κ1) is 13.2. The van der Waals surface area contributed by atoms with Crippen molar-refractivity contribution < 1.29 is 9.47 Å². The zero-order valence-corrected chi connectivity index (χ0v) is 11.2. The predicted octanol–water partition coefficient (Wildman–Crippen LogP) is 2.30. The molecule has 0 saturated carbocycles. The van der Waals surface area contributed by atoms with Gasteiger partial charge in [0.1, 0.15) is 22.2 Å². The highest BCUT2D eigenvalue weighted by molar-refractivity contribution is 7.80. The Bertz CT molecular complexity index is 572. The molecule has 0 aliphatic heterocycles. The van der Waals surface area contributed by atoms with E-state index in [2.05, 4.69) is 9.97 Å². The number of nitrogens with zero attached hydrogens (tertiary/aromatic N) is 2. The van der Waals surface area contributed by atoms with E-state index in [0.29, 0.717) is 18.1 Å². The zero-order valence-electron chi connectivity index (χ0n) is 10.4. The van der Waals surface area contributed by atoms with Crippen LogP contribution in [0.4, 0.5) is 0 Å². The maximum Gasteiger partial charge on any atom is 0.322 e. The number of hydrogen-bond acceptors (Lipinski definition) is 5. The molecule has 0 fully saturated rings. The van der Waals surface area contributed by atoms with Crippen molar-refractivity contribution in [2.75, 3.05) is 6.61 Å². The first-order valence-corrected chi connectivity index (χ1v) is 6.13. The van der Waals surface area contributed by atoms with Crippen molar-refractivity contribution in [3.8, 4) is 17.5 Å². The Labute approximate surface area is 116 Å². The third-order valence-corrected chi connectivity index (χ3v) is 2.44. The summed E-state index contributed by atoms with van der Waals surface area (Å²) in [4.78, 5) is 8.30. The van der Waals surface area contributed by atoms with Gasteiger partial charge in [-0.15, -0.1) is 0 Å². The lowest BCUT2D eigenvalue weighted by Crippen LogP contribution is -2.12. The molecule has 0 atom stereocenters. The van der Waals surface area contributed by atoms with Gasteiger partial charge in [-0.1, -0.05) is 12.2 Å². The van der Waals surface area contributed by atoms with Crippen molar-refractivity contribution in [1.29, 1.82) is 0 Å². The minimum atomic E-state index is 0.203. The SMILES string of the molecule is CCOc1ccc(Oc2nccc(C(N)=S)n2)cc1. The van der Waals surface area contributed by atoms with E-state index in [1.165, 1.54) is 0 Å². The average Bonchev–Trinajstić information content (AvgIpc) is 2.42. The number of nitrogens with two attached hydrogens (primary N) is 1. The van der Waals surface area contributed by atoms with E-state index >= 15 is 0 Å². The summed E-state index contributed by atoms with van der Waals surface area (Å²) >= 11 is 4.85. The third kappa shape index (κ3) is 3.62. The Balaban J connectivity index is 2.12. The Morgan fingerprint density at radius 2 is 1.89 bits per heavy atom. The fourth-order valence-corrected chi connectivity index (χ4v) is 1.52. The normalized spacial score (nSPS) is 9.95. The van der Waals surface area contributed by atoms with Crippen molar-refractivity contribution >= 4 is 17.2 Å². The van der Waals surface area contributed by atoms with Crippen LogP contribution in [-0.4, -0.2) is 21.6 Å². The first-order chi connectivity index (χ1) is 9.19. The second kappa shape index (κ2) is 6.10. The molecule has 0 spiro atoms. The standard InChI is InChI=1S/C13H13N3O2S/c1-2-17-9-3-5-10(6-4-9)18-13-15-8-7-11(16-13)12(14)19/h3-8H,2H2,1H3,(H2,14,19). The molecule has 98 valence electrons. The minimum absolute atomic E-state index is 0.203. The van der Waals surface area contributed by atoms with Crippen LogP contribution in [0.25, 0.3) is 0 Å². The van der Waals surface area contributed by atoms with Crippen LogP contribution in [0.3, 0.4) is 0 Å². The van der Waals surface area contributed by atoms with Crippen molar-refractivity contribution in [3.05, 3.63) is 42.2 Å². The third-order valence-electron chi connectivity index (χ3n) is 2.23. The smallest absolute Gasteiger partial charge is 0.322 e. The number of thiocarbonyl (C=S) groups is 1. The van der Waals surface area contributed by atoms with E-state index in [1.54, 1.807) is 24.4 Å². The second-order valence-corrected chi connectivity index (χ2v) is 4.04. The van der Waals surface area contributed by atoms with Gasteiger partial charge < -0.3 is 15.2 Å². The van der Waals surface area contributed by atoms with Gasteiger partial charge in [-0.05, 0) is 37.3 Å². The molecule has 2 rings (SSSR count). The molecule has 0 aliphatic carbocycles. The van der Waals surface area contributed by atoms with Gasteiger partial charge >= 0.3 is 6.01 Å². The van der Waals surface area contributed by atoms with E-state index in [1.807, 2.05) is 19.1 Å². The Morgan fingerprint density at radius 1 is 1.21 bits per heavy atom. The highest BCUT2D eigenvalue weighted by atomic mass is 32.1. The van der Waals surface area contributed by atoms with Crippen molar-refractivity contribution in [2.24, 2.45) is 5.73 Å². The van der Waals surface area contributed by atoms with E-state index in [4.69, 9.17) is 27.4 Å². The number of rotatable bonds is 5. The molecule has 2 N–H and O–H groups in total. The molecular weight excluding hydrogens is 262 g/mol. The molecule has 0 bridgehead atoms. The predicted molar refractivity (Wildman–Crippen MR) is 75.6 cm³/mol. The highest BCUT2D eigenvalue weighted by Crippen LogP contribution is 2.21. The Morgan fingerprint density at radius 3 is 2.53 bits per heavy atom. The summed E-state index contributed by atoms with van der Waals surface area (Å²) in [6, 6.07) is 9.03. The summed E-state index contributed by atoms with van der Waals surface area (Å²) < 4.78 is 10.9. The van der Waals surface area contributed by atoms with Gasteiger partial charge in [0.25, 0.3) is 0 Å². The largest absolute Gasteiger partial charge is 0.494 e. The molecule has 0 unspecified atom stereocenters. The first-order valence-electron chi connectivity index (χ1n) is 5.72. The lowest BCUT2D eigenvalue weighted by molar-refractivity contribution is 0.339. The topological polar surface area (TPSA) is 70.3 Å². The molecule has 0 saturated heterocycles. The van der Waals surface area contributed by atoms with Crippen LogP contribution in [-0.2, 0) is 0 Å². The van der Waals surface area contributed by atoms with Gasteiger partial charge in [0.15, 0.2) is 0 Å². The summed E-state index contributed by atoms with van der Waals surface area (Å²) in [5.41, 5.74) is 5.98. The molecule has 19 heavy (non-hydrogen) atoms. The van der Waals surface area contributed by atoms with Crippen LogP contribution in [0.5, 0.6) is 17.5 Å². The van der Waals surface area contributed by atoms with Crippen LogP contribution in [0.15, 0.2) is 36.5 Å². The minimum Gasteiger partial charge on any atom is -0.494 e. The van der Waals surface area contributed by atoms with Crippen LogP contribution in [0, 0.1) is 0 Å². The second-order valence-electron chi connectivity index (χ2n) is 3.60. The van der Waals surface area contributed by atoms with Crippen molar-refractivity contribution in [2.45, 2.75) is 6.92 Å². The van der Waals surface area contributed by atoms with Gasteiger partial charge in [0.05, 0.1) is 6.61 Å². The zero-order chi connectivity index (χ0) is 13.7. The lowest BCUT2D eigenvalue weighted by atomic mass is 10.3. The molecule has 1 heterocycles. The molecular formula is C13H13N3O2S. The van der Waals surface area contributed by atoms with E-state index in [0.717, 1.165) is 5.75 Å². The van der Waals surface area contributed by atoms with Crippen LogP contribution in [0.2, 0.25) is 0 Å². The Kier molecular flexibility index (Phi) is 4.25. The quantitative estimate of drug-likeness (QED) is 0.844. The van der Waals surface area contributed by atoms with E-state index < -0.39 is 0 Å². The molecule has 5 nitrogen and oxygen atoms in total. The van der Waals surface area contributed by atoms with Crippen molar-refractivity contribution in [3.63, 3.8) is 0 Å². The maximum atomic E-state index is 5.51. The van der Waals surface area contributed by atoms with Gasteiger partial charge in [0, 0.05) is 6.20 Å². The van der Waals surface area contributed by atoms with E-state index in [9.17, 15) is 0 Å². The van der Waals surface area contributed by atoms with Crippen molar-refractivity contribution in [1.82, 2.24) is 9.97 Å². The van der Waals surface area contributed by atoms with E-state index in [-0.39, 0.29) is 11.0 Å². The molecule has 0 amide bonds. The van der Waals surface area contributed by atoms with Gasteiger partial charge in [0.2, 0.25) is 0 Å². The van der Waals surface area contributed by atoms with Gasteiger partial charge in [-0.2, -0.15) is 4.98 Å². The summed E-state index contributed by atoms with van der Waals surface area (Å²) in [5, 5.41) is 0. The summed E-state index contributed by atoms with van der Waals surface area (Å²) in [7, 11) is 0. The fraction of sp³-hybridized carbons (Fsp3) is 0.154. The van der Waals surface area contributed by atoms with Crippen LogP contribution in [0.1, 0.15) is 12.6 Å². The number of benzene rings is 1. The monoisotopic (exact) mass is 275 g/mol. The number of hydrogen-bond donors (Lipinski definition) is 1.